The predicted molar refractivity (Wildman–Crippen MR) is 149 cm³/mol. The molecule has 0 spiro atoms. The van der Waals surface area contributed by atoms with Crippen molar-refractivity contribution in [3.63, 3.8) is 0 Å². The number of hydrogen-bond acceptors (Lipinski definition) is 8. The minimum Gasteiger partial charge on any atom is -0.383 e. The molecule has 3 aromatic heterocycles. The van der Waals surface area contributed by atoms with Gasteiger partial charge in [0.25, 0.3) is 0 Å². The Morgan fingerprint density at radius 3 is 3.00 bits per heavy atom. The van der Waals surface area contributed by atoms with E-state index >= 15 is 0 Å². The third-order valence-electron chi connectivity index (χ3n) is 7.73. The molecule has 0 bridgehead atoms. The third-order valence-corrected chi connectivity index (χ3v) is 8.32. The standard InChI is InChI=1S/C27H28BrFN8O3/c1-27(25(39)36-14-21(38)35(15-36)8-9-40-2)6-5-17(12-27)32-26-31-13-19-23(28)34-37(24(19)33-26)18-10-16-4-3-7-30-22(16)20(29)11-18/h3-4,7,10-11,13,17H,5-6,8-9,12,14-15H2,1-2H3,(H,31,32,33)/t17-,27?/m1/s1. The van der Waals surface area contributed by atoms with Crippen molar-refractivity contribution in [3.8, 4) is 5.69 Å². The number of anilines is 1. The average Bonchev–Trinajstić information content (AvgIpc) is 3.62. The molecule has 1 aromatic carbocycles. The van der Waals surface area contributed by atoms with E-state index in [2.05, 4.69) is 36.3 Å². The van der Waals surface area contributed by atoms with Gasteiger partial charge in [0.1, 0.15) is 16.7 Å². The van der Waals surface area contributed by atoms with Crippen molar-refractivity contribution >= 4 is 55.6 Å². The second-order valence-electron chi connectivity index (χ2n) is 10.6. The molecule has 11 nitrogen and oxygen atoms in total. The maximum Gasteiger partial charge on any atom is 0.243 e. The summed E-state index contributed by atoms with van der Waals surface area (Å²) in [4.78, 5) is 42.4. The summed E-state index contributed by atoms with van der Waals surface area (Å²) in [5.74, 6) is -0.130. The minimum atomic E-state index is -0.596. The van der Waals surface area contributed by atoms with Crippen LogP contribution in [0.1, 0.15) is 26.2 Å². The quantitative estimate of drug-likeness (QED) is 0.338. The van der Waals surface area contributed by atoms with Crippen molar-refractivity contribution in [2.45, 2.75) is 32.2 Å². The van der Waals surface area contributed by atoms with Crippen LogP contribution in [-0.4, -0.2) is 85.9 Å². The molecule has 6 rings (SSSR count). The highest BCUT2D eigenvalue weighted by Gasteiger charge is 2.46. The molecule has 2 amide bonds. The molecule has 40 heavy (non-hydrogen) atoms. The van der Waals surface area contributed by atoms with E-state index in [4.69, 9.17) is 9.72 Å². The van der Waals surface area contributed by atoms with Gasteiger partial charge in [-0.25, -0.2) is 14.1 Å². The highest BCUT2D eigenvalue weighted by Crippen LogP contribution is 2.41. The molecule has 1 saturated carbocycles. The second-order valence-corrected chi connectivity index (χ2v) is 11.3. The first-order valence-corrected chi connectivity index (χ1v) is 13.8. The molecule has 1 N–H and O–H groups in total. The molecule has 2 aliphatic rings. The van der Waals surface area contributed by atoms with Crippen LogP contribution in [0.15, 0.2) is 41.3 Å². The van der Waals surface area contributed by atoms with Crippen LogP contribution >= 0.6 is 15.9 Å². The van der Waals surface area contributed by atoms with E-state index < -0.39 is 11.2 Å². The van der Waals surface area contributed by atoms with Crippen molar-refractivity contribution in [1.82, 2.24) is 34.5 Å². The molecule has 4 aromatic rings. The van der Waals surface area contributed by atoms with E-state index in [1.165, 1.54) is 6.07 Å². The molecule has 1 aliphatic heterocycles. The lowest BCUT2D eigenvalue weighted by Gasteiger charge is -2.28. The Balaban J connectivity index is 1.20. The number of methoxy groups -OCH3 is 1. The number of carbonyl (C=O) groups is 2. The van der Waals surface area contributed by atoms with Gasteiger partial charge in [0, 0.05) is 49.0 Å². The van der Waals surface area contributed by atoms with Gasteiger partial charge in [-0.2, -0.15) is 10.1 Å². The Morgan fingerprint density at radius 2 is 2.17 bits per heavy atom. The lowest BCUT2D eigenvalue weighted by molar-refractivity contribution is -0.140. The summed E-state index contributed by atoms with van der Waals surface area (Å²) in [5.41, 5.74) is 0.715. The summed E-state index contributed by atoms with van der Waals surface area (Å²) in [6, 6.07) is 6.72. The Morgan fingerprint density at radius 1 is 1.32 bits per heavy atom. The number of aromatic nitrogens is 5. The SMILES string of the molecule is COCCN1CN(C(=O)C2(C)CC[C@@H](Nc3ncc4c(Br)nn(-c5cc(F)c6ncccc6c5)c4n3)C2)CC1=O. The fourth-order valence-electron chi connectivity index (χ4n) is 5.63. The molecular weight excluding hydrogens is 583 g/mol. The van der Waals surface area contributed by atoms with Crippen molar-refractivity contribution in [2.24, 2.45) is 5.41 Å². The van der Waals surface area contributed by atoms with E-state index in [9.17, 15) is 14.0 Å². The molecule has 208 valence electrons. The number of nitrogens with zero attached hydrogens (tertiary/aromatic N) is 7. The zero-order valence-corrected chi connectivity index (χ0v) is 23.7. The predicted octanol–water partition coefficient (Wildman–Crippen LogP) is 3.51. The van der Waals surface area contributed by atoms with Crippen LogP contribution in [0.3, 0.4) is 0 Å². The zero-order chi connectivity index (χ0) is 28.0. The van der Waals surface area contributed by atoms with Crippen LogP contribution in [-0.2, 0) is 14.3 Å². The Bertz CT molecular complexity index is 1630. The Labute approximate surface area is 237 Å². The first-order chi connectivity index (χ1) is 19.3. The molecule has 1 unspecified atom stereocenters. The number of fused-ring (bicyclic) bond motifs is 2. The third kappa shape index (κ3) is 4.77. The van der Waals surface area contributed by atoms with Gasteiger partial charge >= 0.3 is 0 Å². The van der Waals surface area contributed by atoms with Crippen molar-refractivity contribution < 1.29 is 18.7 Å². The highest BCUT2D eigenvalue weighted by molar-refractivity contribution is 9.10. The number of halogens is 2. The van der Waals surface area contributed by atoms with Crippen molar-refractivity contribution in [1.29, 1.82) is 0 Å². The van der Waals surface area contributed by atoms with Gasteiger partial charge in [0.2, 0.25) is 17.8 Å². The molecule has 4 heterocycles. The van der Waals surface area contributed by atoms with Crippen LogP contribution in [0.25, 0.3) is 27.6 Å². The summed E-state index contributed by atoms with van der Waals surface area (Å²) in [7, 11) is 1.59. The fourth-order valence-corrected chi connectivity index (χ4v) is 6.07. The molecule has 0 radical (unpaired) electrons. The number of pyridine rings is 1. The van der Waals surface area contributed by atoms with E-state index in [1.54, 1.807) is 46.1 Å². The molecule has 2 atom stereocenters. The van der Waals surface area contributed by atoms with Crippen LogP contribution in [0.2, 0.25) is 0 Å². The lowest BCUT2D eigenvalue weighted by atomic mass is 9.87. The number of amides is 2. The number of benzene rings is 1. The second kappa shape index (κ2) is 10.4. The van der Waals surface area contributed by atoms with Gasteiger partial charge in [-0.3, -0.25) is 14.6 Å². The normalized spacial score (nSPS) is 21.2. The average molecular weight is 611 g/mol. The van der Waals surface area contributed by atoms with E-state index in [0.29, 0.717) is 70.8 Å². The fraction of sp³-hybridized carbons (Fsp3) is 0.407. The largest absolute Gasteiger partial charge is 0.383 e. The van der Waals surface area contributed by atoms with E-state index in [-0.39, 0.29) is 24.4 Å². The monoisotopic (exact) mass is 610 g/mol. The van der Waals surface area contributed by atoms with Crippen molar-refractivity contribution in [3.05, 3.63) is 47.1 Å². The maximum atomic E-state index is 14.8. The van der Waals surface area contributed by atoms with Gasteiger partial charge in [-0.1, -0.05) is 13.0 Å². The first-order valence-electron chi connectivity index (χ1n) is 13.0. The molecule has 1 aliphatic carbocycles. The molecule has 13 heteroatoms. The molecular formula is C27H28BrFN8O3. The summed E-state index contributed by atoms with van der Waals surface area (Å²) < 4.78 is 22.0. The number of rotatable bonds is 7. The topological polar surface area (TPSA) is 118 Å². The van der Waals surface area contributed by atoms with Gasteiger partial charge in [0.15, 0.2) is 11.5 Å². The van der Waals surface area contributed by atoms with Crippen LogP contribution < -0.4 is 5.32 Å². The summed E-state index contributed by atoms with van der Waals surface area (Å²) in [6.45, 7) is 3.25. The van der Waals surface area contributed by atoms with E-state index in [0.717, 1.165) is 6.42 Å². The van der Waals surface area contributed by atoms with Crippen LogP contribution in [0, 0.1) is 11.2 Å². The zero-order valence-electron chi connectivity index (χ0n) is 22.1. The number of ether oxygens (including phenoxy) is 1. The Kier molecular flexibility index (Phi) is 6.87. The maximum absolute atomic E-state index is 14.8. The van der Waals surface area contributed by atoms with Gasteiger partial charge in [0.05, 0.1) is 24.3 Å². The lowest BCUT2D eigenvalue weighted by Crippen LogP contribution is -2.41. The minimum absolute atomic E-state index is 0.0173. The smallest absolute Gasteiger partial charge is 0.243 e. The summed E-state index contributed by atoms with van der Waals surface area (Å²) in [6.07, 6.45) is 5.25. The van der Waals surface area contributed by atoms with E-state index in [1.807, 2.05) is 13.0 Å². The molecule has 2 fully saturated rings. The Hall–Kier alpha value is -3.71. The number of nitrogens with one attached hydrogen (secondary N) is 1. The number of hydrogen-bond donors (Lipinski definition) is 1. The van der Waals surface area contributed by atoms with Crippen molar-refractivity contribution in [2.75, 3.05) is 38.8 Å². The first kappa shape index (κ1) is 26.5. The summed E-state index contributed by atoms with van der Waals surface area (Å²) in [5, 5.41) is 9.24. The highest BCUT2D eigenvalue weighted by atomic mass is 79.9. The van der Waals surface area contributed by atoms with Crippen LogP contribution in [0.4, 0.5) is 10.3 Å². The molecule has 1 saturated heterocycles. The van der Waals surface area contributed by atoms with Gasteiger partial charge in [-0.05, 0) is 47.3 Å². The van der Waals surface area contributed by atoms with Gasteiger partial charge in [-0.15, -0.1) is 0 Å². The summed E-state index contributed by atoms with van der Waals surface area (Å²) >= 11 is 3.47. The van der Waals surface area contributed by atoms with Gasteiger partial charge < -0.3 is 19.9 Å². The number of carbonyl (C=O) groups excluding carboxylic acids is 2. The van der Waals surface area contributed by atoms with Crippen LogP contribution in [0.5, 0.6) is 0 Å².